The van der Waals surface area contributed by atoms with Crippen LogP contribution in [-0.2, 0) is 9.53 Å². The zero-order valence-corrected chi connectivity index (χ0v) is 9.37. The lowest BCUT2D eigenvalue weighted by Crippen LogP contribution is -2.53. The Kier molecular flexibility index (Phi) is 3.59. The van der Waals surface area contributed by atoms with Crippen LogP contribution in [-0.4, -0.2) is 49.2 Å². The molecule has 2 atom stereocenters. The molecule has 0 aromatic carbocycles. The van der Waals surface area contributed by atoms with Crippen molar-refractivity contribution in [2.75, 3.05) is 26.3 Å². The highest BCUT2D eigenvalue weighted by molar-refractivity contribution is 5.82. The molecule has 0 aromatic rings. The lowest BCUT2D eigenvalue weighted by molar-refractivity contribution is -0.138. The molecular formula is C11H20N2O2. The van der Waals surface area contributed by atoms with Crippen LogP contribution in [0.5, 0.6) is 0 Å². The van der Waals surface area contributed by atoms with Crippen LogP contribution in [0.15, 0.2) is 0 Å². The first-order valence-corrected chi connectivity index (χ1v) is 5.90. The van der Waals surface area contributed by atoms with Crippen LogP contribution in [0.3, 0.4) is 0 Å². The normalized spacial score (nSPS) is 32.7. The maximum atomic E-state index is 12.1. The first kappa shape index (κ1) is 10.9. The second-order valence-corrected chi connectivity index (χ2v) is 4.49. The van der Waals surface area contributed by atoms with E-state index in [1.807, 2.05) is 4.90 Å². The summed E-state index contributed by atoms with van der Waals surface area (Å²) in [4.78, 5) is 14.0. The summed E-state index contributed by atoms with van der Waals surface area (Å²) in [6.45, 7) is 5.04. The molecule has 0 spiro atoms. The molecule has 2 aliphatic rings. The maximum absolute atomic E-state index is 12.1. The van der Waals surface area contributed by atoms with E-state index in [1.54, 1.807) is 0 Å². The van der Waals surface area contributed by atoms with Gasteiger partial charge in [0.25, 0.3) is 0 Å². The topological polar surface area (TPSA) is 41.6 Å². The Morgan fingerprint density at radius 2 is 2.07 bits per heavy atom. The van der Waals surface area contributed by atoms with Crippen LogP contribution in [0.4, 0.5) is 0 Å². The number of piperidine rings is 1. The molecule has 2 fully saturated rings. The summed E-state index contributed by atoms with van der Waals surface area (Å²) in [7, 11) is 0. The number of nitrogens with one attached hydrogen (secondary N) is 1. The van der Waals surface area contributed by atoms with Crippen molar-refractivity contribution in [3.05, 3.63) is 0 Å². The predicted octanol–water partition coefficient (Wildman–Crippen LogP) is 0.376. The van der Waals surface area contributed by atoms with Gasteiger partial charge in [-0.25, -0.2) is 0 Å². The molecular weight excluding hydrogens is 192 g/mol. The first-order valence-electron chi connectivity index (χ1n) is 5.90. The molecule has 2 saturated heterocycles. The Labute approximate surface area is 91.0 Å². The molecule has 0 aromatic heterocycles. The molecule has 0 unspecified atom stereocenters. The highest BCUT2D eigenvalue weighted by Gasteiger charge is 2.28. The Bertz CT molecular complexity index is 227. The third-order valence-corrected chi connectivity index (χ3v) is 3.24. The van der Waals surface area contributed by atoms with Gasteiger partial charge in [0.1, 0.15) is 0 Å². The van der Waals surface area contributed by atoms with Crippen LogP contribution in [0.1, 0.15) is 26.2 Å². The van der Waals surface area contributed by atoms with Crippen molar-refractivity contribution >= 4 is 5.91 Å². The lowest BCUT2D eigenvalue weighted by Gasteiger charge is -2.34. The van der Waals surface area contributed by atoms with Crippen LogP contribution in [0.25, 0.3) is 0 Å². The average molecular weight is 212 g/mol. The van der Waals surface area contributed by atoms with Crippen molar-refractivity contribution < 1.29 is 9.53 Å². The van der Waals surface area contributed by atoms with Gasteiger partial charge in [-0.2, -0.15) is 0 Å². The zero-order valence-electron chi connectivity index (χ0n) is 9.37. The van der Waals surface area contributed by atoms with Crippen LogP contribution < -0.4 is 5.32 Å². The summed E-state index contributed by atoms with van der Waals surface area (Å²) in [6, 6.07) is 0.528. The number of hydrogen-bond acceptors (Lipinski definition) is 3. The summed E-state index contributed by atoms with van der Waals surface area (Å²) in [6.07, 6.45) is 3.34. The van der Waals surface area contributed by atoms with Gasteiger partial charge < -0.3 is 15.0 Å². The van der Waals surface area contributed by atoms with Crippen molar-refractivity contribution in [3.8, 4) is 0 Å². The van der Waals surface area contributed by atoms with Gasteiger partial charge >= 0.3 is 0 Å². The fourth-order valence-corrected chi connectivity index (χ4v) is 2.34. The standard InChI is InChI=1S/C11H20N2O2/c1-9-3-2-4-10(12-9)11(14)13-5-7-15-8-6-13/h9-10,12H,2-8H2,1H3/t9-,10+/m1/s1. The number of carbonyl (C=O) groups is 1. The van der Waals surface area contributed by atoms with Crippen molar-refractivity contribution in [1.29, 1.82) is 0 Å². The molecule has 4 nitrogen and oxygen atoms in total. The van der Waals surface area contributed by atoms with Crippen molar-refractivity contribution in [2.24, 2.45) is 0 Å². The third kappa shape index (κ3) is 2.69. The van der Waals surface area contributed by atoms with E-state index in [-0.39, 0.29) is 11.9 Å². The molecule has 2 aliphatic heterocycles. The quantitative estimate of drug-likeness (QED) is 0.683. The first-order chi connectivity index (χ1) is 7.27. The molecule has 2 heterocycles. The summed E-state index contributed by atoms with van der Waals surface area (Å²) in [5.74, 6) is 0.268. The number of nitrogens with zero attached hydrogens (tertiary/aromatic N) is 1. The molecule has 86 valence electrons. The SMILES string of the molecule is C[C@@H]1CCC[C@@H](C(=O)N2CCOCC2)N1. The Morgan fingerprint density at radius 3 is 2.73 bits per heavy atom. The van der Waals surface area contributed by atoms with Gasteiger partial charge in [0, 0.05) is 19.1 Å². The number of carbonyl (C=O) groups excluding carboxylic acids is 1. The average Bonchev–Trinajstić information content (AvgIpc) is 2.29. The second kappa shape index (κ2) is 4.94. The summed E-state index contributed by atoms with van der Waals surface area (Å²) in [5.41, 5.74) is 0. The maximum Gasteiger partial charge on any atom is 0.239 e. The second-order valence-electron chi connectivity index (χ2n) is 4.49. The Balaban J connectivity index is 1.88. The van der Waals surface area contributed by atoms with E-state index in [0.717, 1.165) is 25.9 Å². The van der Waals surface area contributed by atoms with E-state index >= 15 is 0 Å². The number of amides is 1. The fraction of sp³-hybridized carbons (Fsp3) is 0.909. The van der Waals surface area contributed by atoms with E-state index in [2.05, 4.69) is 12.2 Å². The highest BCUT2D eigenvalue weighted by atomic mass is 16.5. The lowest BCUT2D eigenvalue weighted by atomic mass is 9.98. The molecule has 15 heavy (non-hydrogen) atoms. The molecule has 0 radical (unpaired) electrons. The molecule has 1 amide bonds. The van der Waals surface area contributed by atoms with Crippen molar-refractivity contribution in [2.45, 2.75) is 38.3 Å². The predicted molar refractivity (Wildman–Crippen MR) is 57.6 cm³/mol. The highest BCUT2D eigenvalue weighted by Crippen LogP contribution is 2.14. The summed E-state index contributed by atoms with van der Waals surface area (Å²) < 4.78 is 5.24. The molecule has 4 heteroatoms. The minimum absolute atomic E-state index is 0.0480. The number of rotatable bonds is 1. The Hall–Kier alpha value is -0.610. The van der Waals surface area contributed by atoms with E-state index < -0.39 is 0 Å². The summed E-state index contributed by atoms with van der Waals surface area (Å²) in [5, 5.41) is 3.38. The van der Waals surface area contributed by atoms with Gasteiger partial charge in [-0.15, -0.1) is 0 Å². The van der Waals surface area contributed by atoms with Gasteiger partial charge in [-0.05, 0) is 26.2 Å². The van der Waals surface area contributed by atoms with E-state index in [4.69, 9.17) is 4.74 Å². The van der Waals surface area contributed by atoms with Gasteiger partial charge in [0.05, 0.1) is 19.3 Å². The molecule has 2 rings (SSSR count). The summed E-state index contributed by atoms with van der Waals surface area (Å²) >= 11 is 0. The largest absolute Gasteiger partial charge is 0.378 e. The smallest absolute Gasteiger partial charge is 0.239 e. The van der Waals surface area contributed by atoms with Gasteiger partial charge in [0.15, 0.2) is 0 Å². The van der Waals surface area contributed by atoms with Gasteiger partial charge in [-0.1, -0.05) is 0 Å². The van der Waals surface area contributed by atoms with Crippen LogP contribution >= 0.6 is 0 Å². The third-order valence-electron chi connectivity index (χ3n) is 3.24. The van der Waals surface area contributed by atoms with Gasteiger partial charge in [0.2, 0.25) is 5.91 Å². The van der Waals surface area contributed by atoms with Crippen molar-refractivity contribution in [3.63, 3.8) is 0 Å². The fourth-order valence-electron chi connectivity index (χ4n) is 2.34. The van der Waals surface area contributed by atoms with Crippen LogP contribution in [0.2, 0.25) is 0 Å². The minimum Gasteiger partial charge on any atom is -0.378 e. The Morgan fingerprint density at radius 1 is 1.33 bits per heavy atom. The molecule has 0 saturated carbocycles. The van der Waals surface area contributed by atoms with Crippen LogP contribution in [0, 0.1) is 0 Å². The zero-order chi connectivity index (χ0) is 10.7. The van der Waals surface area contributed by atoms with E-state index in [0.29, 0.717) is 19.3 Å². The minimum atomic E-state index is 0.0480. The molecule has 1 N–H and O–H groups in total. The number of morpholine rings is 1. The van der Waals surface area contributed by atoms with E-state index in [1.165, 1.54) is 6.42 Å². The monoisotopic (exact) mass is 212 g/mol. The molecule has 0 aliphatic carbocycles. The van der Waals surface area contributed by atoms with Gasteiger partial charge in [-0.3, -0.25) is 4.79 Å². The number of hydrogen-bond donors (Lipinski definition) is 1. The molecule has 0 bridgehead atoms. The van der Waals surface area contributed by atoms with Crippen molar-refractivity contribution in [1.82, 2.24) is 10.2 Å². The number of ether oxygens (including phenoxy) is 1. The van der Waals surface area contributed by atoms with E-state index in [9.17, 15) is 4.79 Å².